The van der Waals surface area contributed by atoms with E-state index < -0.39 is 5.97 Å². The van der Waals surface area contributed by atoms with Gasteiger partial charge in [-0.15, -0.1) is 0 Å². The standard InChI is InChI=1S/C10H10ClNO2/c11-9-4-3-7(2-1-5-12)6-8(9)10(13)14/h1-4,6H,5,12H2,(H,13,14). The molecule has 0 aliphatic rings. The second-order valence-corrected chi connectivity index (χ2v) is 3.09. The number of hydrogen-bond acceptors (Lipinski definition) is 2. The summed E-state index contributed by atoms with van der Waals surface area (Å²) in [6.45, 7) is 0.422. The van der Waals surface area contributed by atoms with Crippen molar-refractivity contribution in [3.63, 3.8) is 0 Å². The van der Waals surface area contributed by atoms with Crippen LogP contribution in [0.5, 0.6) is 0 Å². The highest BCUT2D eigenvalue weighted by atomic mass is 35.5. The van der Waals surface area contributed by atoms with E-state index in [-0.39, 0.29) is 10.6 Å². The third-order valence-corrected chi connectivity index (χ3v) is 2.00. The van der Waals surface area contributed by atoms with Gasteiger partial charge >= 0.3 is 5.97 Å². The van der Waals surface area contributed by atoms with Crippen LogP contribution in [0.15, 0.2) is 24.3 Å². The summed E-state index contributed by atoms with van der Waals surface area (Å²) in [6, 6.07) is 4.80. The molecule has 0 bridgehead atoms. The van der Waals surface area contributed by atoms with Gasteiger partial charge in [-0.05, 0) is 17.7 Å². The largest absolute Gasteiger partial charge is 0.478 e. The lowest BCUT2D eigenvalue weighted by atomic mass is 10.1. The van der Waals surface area contributed by atoms with Crippen molar-refractivity contribution in [1.82, 2.24) is 0 Å². The summed E-state index contributed by atoms with van der Waals surface area (Å²) in [5.41, 5.74) is 6.15. The quantitative estimate of drug-likeness (QED) is 0.804. The van der Waals surface area contributed by atoms with Crippen molar-refractivity contribution < 1.29 is 9.90 Å². The van der Waals surface area contributed by atoms with E-state index in [9.17, 15) is 4.79 Å². The van der Waals surface area contributed by atoms with Crippen molar-refractivity contribution in [2.75, 3.05) is 6.54 Å². The molecule has 1 rings (SSSR count). The Kier molecular flexibility index (Phi) is 3.68. The lowest BCUT2D eigenvalue weighted by molar-refractivity contribution is 0.0697. The fourth-order valence-corrected chi connectivity index (χ4v) is 1.21. The molecule has 1 aromatic rings. The Balaban J connectivity index is 3.06. The number of aromatic carboxylic acids is 1. The molecule has 3 N–H and O–H groups in total. The first kappa shape index (κ1) is 10.8. The highest BCUT2D eigenvalue weighted by molar-refractivity contribution is 6.33. The average molecular weight is 212 g/mol. The van der Waals surface area contributed by atoms with Crippen LogP contribution in [0.2, 0.25) is 5.02 Å². The Morgan fingerprint density at radius 2 is 2.29 bits per heavy atom. The van der Waals surface area contributed by atoms with Gasteiger partial charge in [-0.3, -0.25) is 0 Å². The Labute approximate surface area is 86.8 Å². The molecule has 0 aromatic heterocycles. The molecule has 0 atom stereocenters. The minimum atomic E-state index is -1.03. The molecule has 0 saturated heterocycles. The van der Waals surface area contributed by atoms with E-state index in [2.05, 4.69) is 0 Å². The van der Waals surface area contributed by atoms with Crippen LogP contribution in [0.1, 0.15) is 15.9 Å². The van der Waals surface area contributed by atoms with Gasteiger partial charge < -0.3 is 10.8 Å². The zero-order valence-electron chi connectivity index (χ0n) is 7.40. The first-order valence-corrected chi connectivity index (χ1v) is 4.42. The zero-order valence-corrected chi connectivity index (χ0v) is 8.16. The minimum Gasteiger partial charge on any atom is -0.478 e. The van der Waals surface area contributed by atoms with Gasteiger partial charge in [-0.25, -0.2) is 4.79 Å². The molecule has 0 unspecified atom stereocenters. The summed E-state index contributed by atoms with van der Waals surface area (Å²) < 4.78 is 0. The third-order valence-electron chi connectivity index (χ3n) is 1.67. The van der Waals surface area contributed by atoms with E-state index in [1.54, 1.807) is 24.3 Å². The van der Waals surface area contributed by atoms with E-state index in [1.165, 1.54) is 6.07 Å². The molecule has 0 aliphatic carbocycles. The number of halogens is 1. The van der Waals surface area contributed by atoms with Gasteiger partial charge in [0.05, 0.1) is 10.6 Å². The second-order valence-electron chi connectivity index (χ2n) is 2.68. The first-order chi connectivity index (χ1) is 6.65. The van der Waals surface area contributed by atoms with Crippen LogP contribution in [-0.4, -0.2) is 17.6 Å². The van der Waals surface area contributed by atoms with Crippen LogP contribution >= 0.6 is 11.6 Å². The number of carboxylic acid groups (broad SMARTS) is 1. The normalized spacial score (nSPS) is 10.7. The van der Waals surface area contributed by atoms with E-state index in [0.29, 0.717) is 6.54 Å². The highest BCUT2D eigenvalue weighted by Crippen LogP contribution is 2.18. The lowest BCUT2D eigenvalue weighted by Crippen LogP contribution is -1.97. The van der Waals surface area contributed by atoms with Gasteiger partial charge in [0.25, 0.3) is 0 Å². The topological polar surface area (TPSA) is 63.3 Å². The molecule has 0 spiro atoms. The number of nitrogens with two attached hydrogens (primary N) is 1. The lowest BCUT2D eigenvalue weighted by Gasteiger charge is -1.99. The van der Waals surface area contributed by atoms with Crippen LogP contribution in [0.3, 0.4) is 0 Å². The van der Waals surface area contributed by atoms with Gasteiger partial charge in [0.15, 0.2) is 0 Å². The summed E-state index contributed by atoms with van der Waals surface area (Å²) in [5.74, 6) is -1.03. The molecular weight excluding hydrogens is 202 g/mol. The smallest absolute Gasteiger partial charge is 0.337 e. The number of benzene rings is 1. The molecule has 0 amide bonds. The molecule has 4 heteroatoms. The summed E-state index contributed by atoms with van der Waals surface area (Å²) in [6.07, 6.45) is 3.50. The molecule has 1 aromatic carbocycles. The fourth-order valence-electron chi connectivity index (χ4n) is 1.01. The van der Waals surface area contributed by atoms with Crippen molar-refractivity contribution >= 4 is 23.6 Å². The van der Waals surface area contributed by atoms with Gasteiger partial charge in [0.1, 0.15) is 0 Å². The zero-order chi connectivity index (χ0) is 10.6. The highest BCUT2D eigenvalue weighted by Gasteiger charge is 2.07. The third kappa shape index (κ3) is 2.58. The molecule has 0 radical (unpaired) electrons. The van der Waals surface area contributed by atoms with Gasteiger partial charge in [-0.2, -0.15) is 0 Å². The second kappa shape index (κ2) is 4.79. The first-order valence-electron chi connectivity index (χ1n) is 4.04. The molecule has 74 valence electrons. The summed E-state index contributed by atoms with van der Waals surface area (Å²) in [5, 5.41) is 9.02. The Morgan fingerprint density at radius 3 is 2.86 bits per heavy atom. The van der Waals surface area contributed by atoms with Crippen molar-refractivity contribution in [3.05, 3.63) is 40.4 Å². The van der Waals surface area contributed by atoms with Crippen LogP contribution in [-0.2, 0) is 0 Å². The van der Waals surface area contributed by atoms with Crippen molar-refractivity contribution in [3.8, 4) is 0 Å². The van der Waals surface area contributed by atoms with E-state index in [1.807, 2.05) is 0 Å². The number of rotatable bonds is 3. The van der Waals surface area contributed by atoms with E-state index >= 15 is 0 Å². The van der Waals surface area contributed by atoms with E-state index in [4.69, 9.17) is 22.4 Å². The van der Waals surface area contributed by atoms with Crippen molar-refractivity contribution in [2.24, 2.45) is 5.73 Å². The number of hydrogen-bond donors (Lipinski definition) is 2. The Bertz CT molecular complexity index is 374. The Hall–Kier alpha value is -1.32. The molecule has 0 aliphatic heterocycles. The summed E-state index contributed by atoms with van der Waals surface area (Å²) in [4.78, 5) is 10.7. The van der Waals surface area contributed by atoms with E-state index in [0.717, 1.165) is 5.56 Å². The predicted octanol–water partition coefficient (Wildman–Crippen LogP) is 2.01. The summed E-state index contributed by atoms with van der Waals surface area (Å²) >= 11 is 5.70. The van der Waals surface area contributed by atoms with Crippen LogP contribution in [0.25, 0.3) is 6.08 Å². The van der Waals surface area contributed by atoms with Gasteiger partial charge in [0, 0.05) is 6.54 Å². The van der Waals surface area contributed by atoms with Gasteiger partial charge in [-0.1, -0.05) is 29.8 Å². The van der Waals surface area contributed by atoms with Crippen LogP contribution in [0.4, 0.5) is 0 Å². The molecular formula is C10H10ClNO2. The monoisotopic (exact) mass is 211 g/mol. The molecule has 14 heavy (non-hydrogen) atoms. The van der Waals surface area contributed by atoms with Gasteiger partial charge in [0.2, 0.25) is 0 Å². The van der Waals surface area contributed by atoms with Crippen molar-refractivity contribution in [2.45, 2.75) is 0 Å². The van der Waals surface area contributed by atoms with Crippen LogP contribution in [0, 0.1) is 0 Å². The maximum absolute atomic E-state index is 10.7. The molecule has 0 saturated carbocycles. The maximum atomic E-state index is 10.7. The fraction of sp³-hybridized carbons (Fsp3) is 0.100. The molecule has 0 fully saturated rings. The van der Waals surface area contributed by atoms with Crippen LogP contribution < -0.4 is 5.73 Å². The maximum Gasteiger partial charge on any atom is 0.337 e. The summed E-state index contributed by atoms with van der Waals surface area (Å²) in [7, 11) is 0. The Morgan fingerprint density at radius 1 is 1.57 bits per heavy atom. The number of carboxylic acids is 1. The minimum absolute atomic E-state index is 0.103. The average Bonchev–Trinajstić information content (AvgIpc) is 2.16. The number of carbonyl (C=O) groups is 1. The van der Waals surface area contributed by atoms with Crippen molar-refractivity contribution in [1.29, 1.82) is 0 Å². The SMILES string of the molecule is NCC=Cc1ccc(Cl)c(C(=O)O)c1. The predicted molar refractivity (Wildman–Crippen MR) is 56.5 cm³/mol. The molecule has 3 nitrogen and oxygen atoms in total. The molecule has 0 heterocycles.